The Labute approximate surface area is 155 Å². The second-order valence-corrected chi connectivity index (χ2v) is 6.84. The molecule has 0 spiro atoms. The van der Waals surface area contributed by atoms with Crippen molar-refractivity contribution in [2.45, 2.75) is 40.0 Å². The number of anilines is 2. The highest BCUT2D eigenvalue weighted by Gasteiger charge is 2.36. The largest absolute Gasteiger partial charge is 0.325 e. The van der Waals surface area contributed by atoms with Crippen LogP contribution in [0.5, 0.6) is 0 Å². The Balaban J connectivity index is 1.78. The fraction of sp³-hybridized carbons (Fsp3) is 0.364. The number of nitrogens with one attached hydrogen (secondary N) is 1. The van der Waals surface area contributed by atoms with Crippen LogP contribution in [-0.2, 0) is 22.4 Å². The van der Waals surface area contributed by atoms with Gasteiger partial charge in [-0.05, 0) is 42.5 Å². The molecule has 4 nitrogen and oxygen atoms in total. The van der Waals surface area contributed by atoms with E-state index in [9.17, 15) is 9.59 Å². The predicted octanol–water partition coefficient (Wildman–Crippen LogP) is 4.11. The number of aryl methyl sites for hydroxylation is 3. The van der Waals surface area contributed by atoms with Gasteiger partial charge < -0.3 is 10.2 Å². The molecule has 2 amide bonds. The zero-order valence-electron chi connectivity index (χ0n) is 15.7. The third-order valence-corrected chi connectivity index (χ3v) is 5.15. The lowest BCUT2D eigenvalue weighted by Gasteiger charge is -2.20. The van der Waals surface area contributed by atoms with Gasteiger partial charge in [0.05, 0.1) is 5.92 Å². The molecule has 0 saturated carbocycles. The Hall–Kier alpha value is -2.62. The van der Waals surface area contributed by atoms with Gasteiger partial charge in [0.2, 0.25) is 11.8 Å². The molecule has 4 heteroatoms. The molecule has 0 bridgehead atoms. The normalized spacial score (nSPS) is 16.8. The predicted molar refractivity (Wildman–Crippen MR) is 105 cm³/mol. The van der Waals surface area contributed by atoms with E-state index in [-0.39, 0.29) is 24.2 Å². The molecule has 1 aliphatic heterocycles. The van der Waals surface area contributed by atoms with Gasteiger partial charge in [-0.25, -0.2) is 0 Å². The number of hydrogen-bond donors (Lipinski definition) is 1. The topological polar surface area (TPSA) is 49.4 Å². The lowest BCUT2D eigenvalue weighted by molar-refractivity contribution is -0.122. The summed E-state index contributed by atoms with van der Waals surface area (Å²) in [4.78, 5) is 27.1. The van der Waals surface area contributed by atoms with E-state index in [1.807, 2.05) is 49.4 Å². The van der Waals surface area contributed by atoms with Crippen LogP contribution in [0.25, 0.3) is 0 Å². The molecule has 2 aromatic rings. The van der Waals surface area contributed by atoms with Crippen LogP contribution in [0.15, 0.2) is 42.5 Å². The van der Waals surface area contributed by atoms with Crippen molar-refractivity contribution >= 4 is 23.2 Å². The highest BCUT2D eigenvalue weighted by molar-refractivity contribution is 6.04. The van der Waals surface area contributed by atoms with Crippen LogP contribution in [0.2, 0.25) is 0 Å². The molecule has 1 fully saturated rings. The number of carbonyl (C=O) groups is 2. The zero-order chi connectivity index (χ0) is 18.7. The summed E-state index contributed by atoms with van der Waals surface area (Å²) >= 11 is 0. The van der Waals surface area contributed by atoms with Crippen molar-refractivity contribution in [3.63, 3.8) is 0 Å². The van der Waals surface area contributed by atoms with E-state index >= 15 is 0 Å². The molecule has 136 valence electrons. The van der Waals surface area contributed by atoms with Crippen LogP contribution in [0, 0.1) is 12.8 Å². The van der Waals surface area contributed by atoms with Gasteiger partial charge in [0.25, 0.3) is 0 Å². The van der Waals surface area contributed by atoms with Crippen molar-refractivity contribution < 1.29 is 9.59 Å². The molecule has 1 heterocycles. The van der Waals surface area contributed by atoms with E-state index in [2.05, 4.69) is 19.2 Å². The van der Waals surface area contributed by atoms with Crippen LogP contribution in [0.1, 0.15) is 37.0 Å². The molecule has 0 aromatic heterocycles. The van der Waals surface area contributed by atoms with E-state index in [1.165, 1.54) is 0 Å². The van der Waals surface area contributed by atoms with E-state index in [4.69, 9.17) is 0 Å². The maximum atomic E-state index is 12.8. The average Bonchev–Trinajstić information content (AvgIpc) is 3.05. The summed E-state index contributed by atoms with van der Waals surface area (Å²) < 4.78 is 0. The zero-order valence-corrected chi connectivity index (χ0v) is 15.7. The minimum atomic E-state index is -0.322. The number of rotatable bonds is 5. The Morgan fingerprint density at radius 3 is 2.50 bits per heavy atom. The van der Waals surface area contributed by atoms with Crippen molar-refractivity contribution in [1.29, 1.82) is 0 Å². The second kappa shape index (κ2) is 7.73. The summed E-state index contributed by atoms with van der Waals surface area (Å²) in [5.41, 5.74) is 5.13. The van der Waals surface area contributed by atoms with Crippen molar-refractivity contribution in [3.05, 3.63) is 59.2 Å². The molecular formula is C22H26N2O2. The van der Waals surface area contributed by atoms with Gasteiger partial charge in [-0.3, -0.25) is 9.59 Å². The Morgan fingerprint density at radius 1 is 1.08 bits per heavy atom. The Kier molecular flexibility index (Phi) is 5.40. The number of nitrogens with zero attached hydrogens (tertiary/aromatic N) is 1. The minimum Gasteiger partial charge on any atom is -0.325 e. The highest BCUT2D eigenvalue weighted by Crippen LogP contribution is 2.30. The quantitative estimate of drug-likeness (QED) is 0.882. The van der Waals surface area contributed by atoms with Gasteiger partial charge >= 0.3 is 0 Å². The third kappa shape index (κ3) is 3.50. The molecule has 1 atom stereocenters. The van der Waals surface area contributed by atoms with Crippen molar-refractivity contribution in [2.75, 3.05) is 16.8 Å². The molecular weight excluding hydrogens is 324 g/mol. The summed E-state index contributed by atoms with van der Waals surface area (Å²) in [5, 5.41) is 3.08. The molecule has 0 radical (unpaired) electrons. The first kappa shape index (κ1) is 18.2. The van der Waals surface area contributed by atoms with Crippen molar-refractivity contribution in [2.24, 2.45) is 5.92 Å². The van der Waals surface area contributed by atoms with Crippen molar-refractivity contribution in [3.8, 4) is 0 Å². The summed E-state index contributed by atoms with van der Waals surface area (Å²) in [6.07, 6.45) is 1.98. The molecule has 3 rings (SSSR count). The summed E-state index contributed by atoms with van der Waals surface area (Å²) in [6.45, 7) is 6.59. The molecule has 2 aromatic carbocycles. The fourth-order valence-electron chi connectivity index (χ4n) is 3.62. The average molecular weight is 350 g/mol. The van der Waals surface area contributed by atoms with E-state index in [0.717, 1.165) is 40.9 Å². The summed E-state index contributed by atoms with van der Waals surface area (Å²) in [7, 11) is 0. The number of hydrogen-bond acceptors (Lipinski definition) is 2. The van der Waals surface area contributed by atoms with E-state index < -0.39 is 0 Å². The number of para-hydroxylation sites is 2. The van der Waals surface area contributed by atoms with E-state index in [1.54, 1.807) is 4.90 Å². The first-order valence-corrected chi connectivity index (χ1v) is 9.32. The SMILES string of the molecule is CCc1ccccc1N1C[C@@H](C(=O)Nc2c(C)cccc2CC)CC1=O. The molecule has 1 saturated heterocycles. The number of benzene rings is 2. The lowest BCUT2D eigenvalue weighted by atomic mass is 10.0. The standard InChI is InChI=1S/C22H26N2O2/c1-4-16-10-6-7-12-19(16)24-14-18(13-20(24)25)22(26)23-21-15(3)9-8-11-17(21)5-2/h6-12,18H,4-5,13-14H2,1-3H3,(H,23,26)/t18-/m0/s1. The van der Waals surface area contributed by atoms with Gasteiger partial charge in [0, 0.05) is 24.3 Å². The number of amides is 2. The van der Waals surface area contributed by atoms with Gasteiger partial charge in [0.15, 0.2) is 0 Å². The second-order valence-electron chi connectivity index (χ2n) is 6.84. The monoisotopic (exact) mass is 350 g/mol. The fourth-order valence-corrected chi connectivity index (χ4v) is 3.62. The Morgan fingerprint density at radius 2 is 1.77 bits per heavy atom. The van der Waals surface area contributed by atoms with Crippen molar-refractivity contribution in [1.82, 2.24) is 0 Å². The van der Waals surface area contributed by atoms with Crippen LogP contribution < -0.4 is 10.2 Å². The van der Waals surface area contributed by atoms with Gasteiger partial charge in [-0.1, -0.05) is 50.2 Å². The van der Waals surface area contributed by atoms with Crippen LogP contribution in [0.4, 0.5) is 11.4 Å². The van der Waals surface area contributed by atoms with Gasteiger partial charge in [0.1, 0.15) is 0 Å². The van der Waals surface area contributed by atoms with Crippen LogP contribution in [0.3, 0.4) is 0 Å². The molecule has 1 aliphatic rings. The Bertz CT molecular complexity index is 829. The first-order valence-electron chi connectivity index (χ1n) is 9.32. The minimum absolute atomic E-state index is 0.0200. The maximum absolute atomic E-state index is 12.8. The van der Waals surface area contributed by atoms with Gasteiger partial charge in [-0.15, -0.1) is 0 Å². The maximum Gasteiger partial charge on any atom is 0.229 e. The smallest absolute Gasteiger partial charge is 0.229 e. The highest BCUT2D eigenvalue weighted by atomic mass is 16.2. The summed E-state index contributed by atoms with van der Waals surface area (Å²) in [6, 6.07) is 14.0. The molecule has 1 N–H and O–H groups in total. The molecule has 0 unspecified atom stereocenters. The summed E-state index contributed by atoms with van der Waals surface area (Å²) in [5.74, 6) is -0.373. The molecule has 26 heavy (non-hydrogen) atoms. The lowest BCUT2D eigenvalue weighted by Crippen LogP contribution is -2.29. The molecule has 0 aliphatic carbocycles. The first-order chi connectivity index (χ1) is 12.5. The number of carbonyl (C=O) groups excluding carboxylic acids is 2. The third-order valence-electron chi connectivity index (χ3n) is 5.15. The van der Waals surface area contributed by atoms with E-state index in [0.29, 0.717) is 6.54 Å². The van der Waals surface area contributed by atoms with Crippen LogP contribution >= 0.6 is 0 Å². The van der Waals surface area contributed by atoms with Crippen LogP contribution in [-0.4, -0.2) is 18.4 Å². The van der Waals surface area contributed by atoms with Gasteiger partial charge in [-0.2, -0.15) is 0 Å².